The van der Waals surface area contributed by atoms with Crippen LogP contribution < -0.4 is 0 Å². The molecule has 0 fully saturated rings. The predicted octanol–water partition coefficient (Wildman–Crippen LogP) is 7.85. The molecule has 0 spiro atoms. The lowest BCUT2D eigenvalue weighted by molar-refractivity contribution is -0.132. The molecule has 0 bridgehead atoms. The number of carboxylic acid groups (broad SMARTS) is 2. The lowest BCUT2D eigenvalue weighted by Crippen LogP contribution is -1.86. The highest BCUT2D eigenvalue weighted by molar-refractivity contribution is 5.79. The lowest BCUT2D eigenvalue weighted by Gasteiger charge is -2.02. The molecule has 0 heterocycles. The summed E-state index contributed by atoms with van der Waals surface area (Å²) in [6.45, 7) is 0. The molecule has 4 heteroatoms. The average Bonchev–Trinajstić information content (AvgIpc) is 2.70. The summed E-state index contributed by atoms with van der Waals surface area (Å²) in [7, 11) is 0. The minimum absolute atomic E-state index is 0.847. The molecular weight excluding hydrogens is 376 g/mol. The Balaban J connectivity index is 3.15. The van der Waals surface area contributed by atoms with Gasteiger partial charge in [0.15, 0.2) is 0 Å². The van der Waals surface area contributed by atoms with Gasteiger partial charge in [-0.2, -0.15) is 0 Å². The van der Waals surface area contributed by atoms with Gasteiger partial charge in [0.25, 0.3) is 0 Å². The van der Waals surface area contributed by atoms with E-state index in [1.165, 1.54) is 89.2 Å². The van der Waals surface area contributed by atoms with E-state index in [0.717, 1.165) is 38.5 Å². The van der Waals surface area contributed by atoms with Gasteiger partial charge in [-0.1, -0.05) is 88.5 Å². The molecular formula is C26H44O4. The Kier molecular flexibility index (Phi) is 22.0. The number of allylic oxidation sites excluding steroid dienone is 4. The molecule has 0 atom stereocenters. The first-order valence-electron chi connectivity index (χ1n) is 12.1. The number of rotatable bonds is 22. The molecule has 30 heavy (non-hydrogen) atoms. The van der Waals surface area contributed by atoms with Crippen molar-refractivity contribution in [2.24, 2.45) is 0 Å². The Hall–Kier alpha value is -1.84. The first-order chi connectivity index (χ1) is 14.6. The van der Waals surface area contributed by atoms with E-state index < -0.39 is 11.9 Å². The lowest BCUT2D eigenvalue weighted by atomic mass is 10.0. The van der Waals surface area contributed by atoms with Crippen molar-refractivity contribution < 1.29 is 19.8 Å². The maximum Gasteiger partial charge on any atom is 0.327 e. The molecule has 0 aromatic heterocycles. The van der Waals surface area contributed by atoms with Gasteiger partial charge >= 0.3 is 11.9 Å². The largest absolute Gasteiger partial charge is 0.478 e. The number of hydrogen-bond donors (Lipinski definition) is 2. The minimum atomic E-state index is -0.859. The van der Waals surface area contributed by atoms with Gasteiger partial charge in [-0.25, -0.2) is 9.59 Å². The third-order valence-corrected chi connectivity index (χ3v) is 5.17. The van der Waals surface area contributed by atoms with Gasteiger partial charge in [-0.15, -0.1) is 0 Å². The zero-order valence-corrected chi connectivity index (χ0v) is 18.9. The second kappa shape index (κ2) is 23.4. The van der Waals surface area contributed by atoms with Crippen molar-refractivity contribution in [1.82, 2.24) is 0 Å². The van der Waals surface area contributed by atoms with Crippen molar-refractivity contribution in [3.05, 3.63) is 36.5 Å². The predicted molar refractivity (Wildman–Crippen MR) is 126 cm³/mol. The maximum atomic E-state index is 10.3. The van der Waals surface area contributed by atoms with E-state index >= 15 is 0 Å². The zero-order chi connectivity index (χ0) is 22.1. The fraction of sp³-hybridized carbons (Fsp3) is 0.692. The minimum Gasteiger partial charge on any atom is -0.478 e. The monoisotopic (exact) mass is 420 g/mol. The van der Waals surface area contributed by atoms with Crippen LogP contribution in [0.2, 0.25) is 0 Å². The maximum absolute atomic E-state index is 10.3. The highest BCUT2D eigenvalue weighted by Gasteiger charge is 1.94. The molecule has 0 aliphatic rings. The molecule has 4 nitrogen and oxygen atoms in total. The SMILES string of the molecule is O=C(O)C=CCCCCC=CCCCCCCCCCCCCCCC=CC(=O)O. The zero-order valence-electron chi connectivity index (χ0n) is 18.9. The molecule has 2 N–H and O–H groups in total. The molecule has 0 saturated carbocycles. The van der Waals surface area contributed by atoms with Gasteiger partial charge in [-0.3, -0.25) is 0 Å². The topological polar surface area (TPSA) is 74.6 Å². The first kappa shape index (κ1) is 28.2. The van der Waals surface area contributed by atoms with Crippen LogP contribution in [0.4, 0.5) is 0 Å². The molecule has 0 rings (SSSR count). The van der Waals surface area contributed by atoms with E-state index in [9.17, 15) is 9.59 Å². The second-order valence-corrected chi connectivity index (χ2v) is 8.06. The fourth-order valence-electron chi connectivity index (χ4n) is 3.42. The van der Waals surface area contributed by atoms with E-state index in [1.807, 2.05) is 0 Å². The third-order valence-electron chi connectivity index (χ3n) is 5.17. The Morgan fingerprint density at radius 3 is 0.933 bits per heavy atom. The van der Waals surface area contributed by atoms with Crippen molar-refractivity contribution in [3.63, 3.8) is 0 Å². The van der Waals surface area contributed by atoms with Gasteiger partial charge < -0.3 is 10.2 Å². The van der Waals surface area contributed by atoms with E-state index in [4.69, 9.17) is 10.2 Å². The summed E-state index contributed by atoms with van der Waals surface area (Å²) >= 11 is 0. The van der Waals surface area contributed by atoms with Crippen LogP contribution in [-0.4, -0.2) is 22.2 Å². The quantitative estimate of drug-likeness (QED) is 0.106. The second-order valence-electron chi connectivity index (χ2n) is 8.06. The highest BCUT2D eigenvalue weighted by atomic mass is 16.4. The summed E-state index contributed by atoms with van der Waals surface area (Å²) in [4.78, 5) is 20.6. The summed E-state index contributed by atoms with van der Waals surface area (Å²) < 4.78 is 0. The van der Waals surface area contributed by atoms with Crippen molar-refractivity contribution in [3.8, 4) is 0 Å². The van der Waals surface area contributed by atoms with Gasteiger partial charge in [0.1, 0.15) is 0 Å². The average molecular weight is 421 g/mol. The van der Waals surface area contributed by atoms with Crippen LogP contribution >= 0.6 is 0 Å². The molecule has 0 aromatic rings. The molecule has 0 saturated heterocycles. The van der Waals surface area contributed by atoms with Crippen molar-refractivity contribution in [2.75, 3.05) is 0 Å². The highest BCUT2D eigenvalue weighted by Crippen LogP contribution is 2.13. The van der Waals surface area contributed by atoms with Crippen molar-refractivity contribution >= 4 is 11.9 Å². The molecule has 0 aliphatic carbocycles. The van der Waals surface area contributed by atoms with Crippen molar-refractivity contribution in [1.29, 1.82) is 0 Å². The van der Waals surface area contributed by atoms with Gasteiger partial charge in [-0.05, 0) is 51.4 Å². The van der Waals surface area contributed by atoms with Crippen molar-refractivity contribution in [2.45, 2.75) is 116 Å². The Labute approximate surface area is 184 Å². The number of aliphatic carboxylic acids is 2. The standard InChI is InChI=1S/C26H44O4/c27-25(28)23-21-19-17-15-13-11-9-7-5-3-1-2-4-6-8-10-12-14-16-18-20-22-24-26(29)30/h9,11,21-24H,1-8,10,12-20H2,(H,27,28)(H,29,30). The molecule has 172 valence electrons. The number of hydrogen-bond acceptors (Lipinski definition) is 2. The molecule has 0 radical (unpaired) electrons. The van der Waals surface area contributed by atoms with Crippen LogP contribution in [0.15, 0.2) is 36.5 Å². The van der Waals surface area contributed by atoms with E-state index in [0.29, 0.717) is 0 Å². The third kappa shape index (κ3) is 26.2. The summed E-state index contributed by atoms with van der Waals surface area (Å²) in [5, 5.41) is 17.0. The summed E-state index contributed by atoms with van der Waals surface area (Å²) in [6.07, 6.45) is 32.4. The Morgan fingerprint density at radius 1 is 0.400 bits per heavy atom. The molecule has 0 unspecified atom stereocenters. The van der Waals surface area contributed by atoms with Gasteiger partial charge in [0.2, 0.25) is 0 Å². The Morgan fingerprint density at radius 2 is 0.633 bits per heavy atom. The van der Waals surface area contributed by atoms with Crippen LogP contribution in [0.5, 0.6) is 0 Å². The number of carbonyl (C=O) groups is 2. The summed E-state index contributed by atoms with van der Waals surface area (Å²) in [6, 6.07) is 0. The first-order valence-corrected chi connectivity index (χ1v) is 12.1. The van der Waals surface area contributed by atoms with Crippen LogP contribution in [0, 0.1) is 0 Å². The van der Waals surface area contributed by atoms with E-state index in [-0.39, 0.29) is 0 Å². The normalized spacial score (nSPS) is 11.9. The Bertz CT molecular complexity index is 491. The van der Waals surface area contributed by atoms with Crippen LogP contribution in [0.1, 0.15) is 116 Å². The van der Waals surface area contributed by atoms with Gasteiger partial charge in [0.05, 0.1) is 0 Å². The fourth-order valence-corrected chi connectivity index (χ4v) is 3.42. The number of unbranched alkanes of at least 4 members (excludes halogenated alkanes) is 16. The smallest absolute Gasteiger partial charge is 0.327 e. The molecule has 0 aliphatic heterocycles. The van der Waals surface area contributed by atoms with Gasteiger partial charge in [0, 0.05) is 12.2 Å². The molecule has 0 amide bonds. The molecule has 0 aromatic carbocycles. The summed E-state index contributed by atoms with van der Waals surface area (Å²) in [5.41, 5.74) is 0. The summed E-state index contributed by atoms with van der Waals surface area (Å²) in [5.74, 6) is -1.71. The van der Waals surface area contributed by atoms with E-state index in [1.54, 1.807) is 12.2 Å². The van der Waals surface area contributed by atoms with Crippen LogP contribution in [-0.2, 0) is 9.59 Å². The van der Waals surface area contributed by atoms with Crippen LogP contribution in [0.3, 0.4) is 0 Å². The van der Waals surface area contributed by atoms with Crippen LogP contribution in [0.25, 0.3) is 0 Å². The number of carboxylic acids is 2. The van der Waals surface area contributed by atoms with E-state index in [2.05, 4.69) is 12.2 Å².